The highest BCUT2D eigenvalue weighted by atomic mass is 32.2. The number of nitriles is 1. The van der Waals surface area contributed by atoms with Crippen LogP contribution in [0.3, 0.4) is 0 Å². The first-order valence-electron chi connectivity index (χ1n) is 6.42. The Kier molecular flexibility index (Phi) is 4.21. The maximum Gasteiger partial charge on any atom is 0.218 e. The summed E-state index contributed by atoms with van der Waals surface area (Å²) in [7, 11) is -3.50. The Morgan fingerprint density at radius 2 is 2.10 bits per heavy atom. The molecule has 0 saturated carbocycles. The smallest absolute Gasteiger partial charge is 0.218 e. The Balaban J connectivity index is 2.20. The molecule has 1 aromatic carbocycles. The molecule has 20 heavy (non-hydrogen) atoms. The molecule has 1 aliphatic heterocycles. The van der Waals surface area contributed by atoms with E-state index in [0.29, 0.717) is 11.1 Å². The Morgan fingerprint density at radius 3 is 2.75 bits per heavy atom. The van der Waals surface area contributed by atoms with E-state index >= 15 is 0 Å². The lowest BCUT2D eigenvalue weighted by molar-refractivity contribution is -0.124. The number of nitrogens with zero attached hydrogens (tertiary/aromatic N) is 2. The normalized spacial score (nSPS) is 20.6. The van der Waals surface area contributed by atoms with Gasteiger partial charge in [-0.15, -0.1) is 0 Å². The minimum Gasteiger partial charge on any atom is -0.299 e. The summed E-state index contributed by atoms with van der Waals surface area (Å²) in [5, 5.41) is 9.00. The second-order valence-corrected chi connectivity index (χ2v) is 6.97. The third kappa shape index (κ3) is 3.06. The highest BCUT2D eigenvalue weighted by Gasteiger charge is 2.31. The van der Waals surface area contributed by atoms with E-state index in [2.05, 4.69) is 0 Å². The largest absolute Gasteiger partial charge is 0.299 e. The predicted molar refractivity (Wildman–Crippen MR) is 74.1 cm³/mol. The molecule has 0 amide bonds. The summed E-state index contributed by atoms with van der Waals surface area (Å²) >= 11 is 0. The van der Waals surface area contributed by atoms with Crippen LogP contribution in [0.15, 0.2) is 24.3 Å². The summed E-state index contributed by atoms with van der Waals surface area (Å²) in [5.74, 6) is -0.351. The van der Waals surface area contributed by atoms with E-state index in [0.717, 1.165) is 0 Å². The molecule has 0 spiro atoms. The topological polar surface area (TPSA) is 78.2 Å². The number of hydrogen-bond donors (Lipinski definition) is 0. The predicted octanol–water partition coefficient (Wildman–Crippen LogP) is 1.30. The van der Waals surface area contributed by atoms with Crippen molar-refractivity contribution < 1.29 is 13.2 Å². The number of carbonyl (C=O) groups excluding carboxylic acids is 1. The van der Waals surface area contributed by atoms with Gasteiger partial charge in [-0.3, -0.25) is 4.79 Å². The van der Waals surface area contributed by atoms with Gasteiger partial charge in [-0.25, -0.2) is 12.7 Å². The van der Waals surface area contributed by atoms with Crippen LogP contribution >= 0.6 is 0 Å². The second-order valence-electron chi connectivity index (χ2n) is 5.00. The zero-order valence-corrected chi connectivity index (χ0v) is 12.1. The molecule has 106 valence electrons. The first-order valence-corrected chi connectivity index (χ1v) is 8.03. The molecule has 1 saturated heterocycles. The number of hydrogen-bond acceptors (Lipinski definition) is 4. The summed E-state index contributed by atoms with van der Waals surface area (Å²) < 4.78 is 26.1. The lowest BCUT2D eigenvalue weighted by atomic mass is 10.0. The molecule has 0 aromatic heterocycles. The molecule has 2 rings (SSSR count). The van der Waals surface area contributed by atoms with E-state index in [9.17, 15) is 13.2 Å². The number of Topliss-reactive ketones (excluding diaryl/α,β-unsaturated/α-hetero) is 1. The standard InChI is InChI=1S/C14H16N2O3S/c1-11-9-16(7-6-14(11)17)20(18,19)10-13-5-3-2-4-12(13)8-15/h2-5,11H,6-7,9-10H2,1H3. The number of benzene rings is 1. The van der Waals surface area contributed by atoms with Gasteiger partial charge >= 0.3 is 0 Å². The molecule has 1 aromatic rings. The average molecular weight is 292 g/mol. The summed E-state index contributed by atoms with van der Waals surface area (Å²) in [6.45, 7) is 2.21. The van der Waals surface area contributed by atoms with Gasteiger partial charge in [0.05, 0.1) is 17.4 Å². The Bertz CT molecular complexity index is 661. The monoisotopic (exact) mass is 292 g/mol. The zero-order valence-electron chi connectivity index (χ0n) is 11.2. The van der Waals surface area contributed by atoms with Crippen molar-refractivity contribution in [2.24, 2.45) is 5.92 Å². The van der Waals surface area contributed by atoms with Crippen LogP contribution < -0.4 is 0 Å². The number of ketones is 1. The molecular formula is C14H16N2O3S. The molecule has 0 bridgehead atoms. The van der Waals surface area contributed by atoms with Crippen molar-refractivity contribution in [2.45, 2.75) is 19.1 Å². The summed E-state index contributed by atoms with van der Waals surface area (Å²) in [4.78, 5) is 11.5. The van der Waals surface area contributed by atoms with Crippen LogP contribution in [0.5, 0.6) is 0 Å². The van der Waals surface area contributed by atoms with E-state index in [1.54, 1.807) is 31.2 Å². The molecule has 0 aliphatic carbocycles. The SMILES string of the molecule is CC1CN(S(=O)(=O)Cc2ccccc2C#N)CCC1=O. The van der Waals surface area contributed by atoms with Gasteiger partial charge in [-0.05, 0) is 11.6 Å². The van der Waals surface area contributed by atoms with E-state index in [-0.39, 0.29) is 37.0 Å². The van der Waals surface area contributed by atoms with Gasteiger partial charge in [0.2, 0.25) is 10.0 Å². The molecule has 6 heteroatoms. The van der Waals surface area contributed by atoms with E-state index in [4.69, 9.17) is 5.26 Å². The summed E-state index contributed by atoms with van der Waals surface area (Å²) in [6, 6.07) is 8.67. The van der Waals surface area contributed by atoms with Crippen molar-refractivity contribution in [1.29, 1.82) is 5.26 Å². The number of piperidine rings is 1. The van der Waals surface area contributed by atoms with Gasteiger partial charge in [0.25, 0.3) is 0 Å². The molecule has 1 fully saturated rings. The van der Waals surface area contributed by atoms with Crippen molar-refractivity contribution in [3.05, 3.63) is 35.4 Å². The first kappa shape index (κ1) is 14.7. The average Bonchev–Trinajstić information content (AvgIpc) is 2.42. The van der Waals surface area contributed by atoms with Crippen LogP contribution in [0.2, 0.25) is 0 Å². The Hall–Kier alpha value is -1.71. The van der Waals surface area contributed by atoms with Crippen molar-refractivity contribution in [2.75, 3.05) is 13.1 Å². The van der Waals surface area contributed by atoms with E-state index in [1.165, 1.54) is 4.31 Å². The summed E-state index contributed by atoms with van der Waals surface area (Å²) in [5.41, 5.74) is 0.872. The highest BCUT2D eigenvalue weighted by Crippen LogP contribution is 2.20. The van der Waals surface area contributed by atoms with Crippen molar-refractivity contribution in [3.63, 3.8) is 0 Å². The fourth-order valence-electron chi connectivity index (χ4n) is 2.28. The van der Waals surface area contributed by atoms with Gasteiger partial charge in [0, 0.05) is 25.4 Å². The van der Waals surface area contributed by atoms with Crippen LogP contribution in [0.4, 0.5) is 0 Å². The van der Waals surface area contributed by atoms with Gasteiger partial charge in [0.15, 0.2) is 0 Å². The zero-order chi connectivity index (χ0) is 14.8. The lowest BCUT2D eigenvalue weighted by Crippen LogP contribution is -2.43. The number of rotatable bonds is 3. The second kappa shape index (κ2) is 5.73. The van der Waals surface area contributed by atoms with Crippen LogP contribution in [0.1, 0.15) is 24.5 Å². The molecule has 1 heterocycles. The highest BCUT2D eigenvalue weighted by molar-refractivity contribution is 7.88. The lowest BCUT2D eigenvalue weighted by Gasteiger charge is -2.29. The minimum absolute atomic E-state index is 0.105. The fraction of sp³-hybridized carbons (Fsp3) is 0.429. The van der Waals surface area contributed by atoms with Crippen molar-refractivity contribution in [1.82, 2.24) is 4.31 Å². The van der Waals surface area contributed by atoms with Gasteiger partial charge in [-0.1, -0.05) is 25.1 Å². The van der Waals surface area contributed by atoms with Gasteiger partial charge in [0.1, 0.15) is 5.78 Å². The van der Waals surface area contributed by atoms with Gasteiger partial charge in [-0.2, -0.15) is 5.26 Å². The molecule has 0 radical (unpaired) electrons. The minimum atomic E-state index is -3.50. The fourth-order valence-corrected chi connectivity index (χ4v) is 3.92. The Morgan fingerprint density at radius 1 is 1.40 bits per heavy atom. The molecule has 1 aliphatic rings. The Labute approximate surface area is 118 Å². The summed E-state index contributed by atoms with van der Waals surface area (Å²) in [6.07, 6.45) is 0.264. The molecule has 0 N–H and O–H groups in total. The third-order valence-electron chi connectivity index (χ3n) is 3.50. The van der Waals surface area contributed by atoms with Crippen LogP contribution in [-0.2, 0) is 20.6 Å². The molecule has 1 atom stereocenters. The van der Waals surface area contributed by atoms with Gasteiger partial charge < -0.3 is 0 Å². The molecule has 1 unspecified atom stereocenters. The maximum atomic E-state index is 12.4. The maximum absolute atomic E-state index is 12.4. The molecule has 5 nitrogen and oxygen atoms in total. The van der Waals surface area contributed by atoms with Crippen LogP contribution in [0.25, 0.3) is 0 Å². The third-order valence-corrected chi connectivity index (χ3v) is 5.30. The van der Waals surface area contributed by atoms with Crippen LogP contribution in [0, 0.1) is 17.2 Å². The van der Waals surface area contributed by atoms with E-state index < -0.39 is 10.0 Å². The number of sulfonamides is 1. The number of carbonyl (C=O) groups is 1. The van der Waals surface area contributed by atoms with Crippen molar-refractivity contribution >= 4 is 15.8 Å². The first-order chi connectivity index (χ1) is 9.44. The molecular weight excluding hydrogens is 276 g/mol. The van der Waals surface area contributed by atoms with Crippen LogP contribution in [-0.4, -0.2) is 31.6 Å². The van der Waals surface area contributed by atoms with Crippen molar-refractivity contribution in [3.8, 4) is 6.07 Å². The van der Waals surface area contributed by atoms with E-state index in [1.807, 2.05) is 6.07 Å². The quantitative estimate of drug-likeness (QED) is 0.841.